The molecule has 1 aliphatic carbocycles. The first-order chi connectivity index (χ1) is 18.0. The van der Waals surface area contributed by atoms with E-state index in [1.165, 1.54) is 10.6 Å². The van der Waals surface area contributed by atoms with Gasteiger partial charge in [-0.05, 0) is 25.8 Å². The summed E-state index contributed by atoms with van der Waals surface area (Å²) in [5.41, 5.74) is 9.28. The minimum absolute atomic E-state index is 0.0241. The summed E-state index contributed by atoms with van der Waals surface area (Å²) in [5, 5.41) is 13.7. The zero-order valence-corrected chi connectivity index (χ0v) is 20.7. The summed E-state index contributed by atoms with van der Waals surface area (Å²) in [4.78, 5) is 18.9. The van der Waals surface area contributed by atoms with Gasteiger partial charge in [0, 0.05) is 56.8 Å². The fraction of sp³-hybridized carbons (Fsp3) is 0.400. The van der Waals surface area contributed by atoms with Gasteiger partial charge in [-0.25, -0.2) is 9.07 Å². The van der Waals surface area contributed by atoms with Crippen LogP contribution in [0, 0.1) is 17.8 Å². The van der Waals surface area contributed by atoms with Gasteiger partial charge in [-0.15, -0.1) is 5.10 Å². The summed E-state index contributed by atoms with van der Waals surface area (Å²) < 4.78 is 17.9. The van der Waals surface area contributed by atoms with Gasteiger partial charge in [0.2, 0.25) is 11.8 Å². The molecule has 3 aromatic rings. The summed E-state index contributed by atoms with van der Waals surface area (Å²) in [6, 6.07) is 0. The van der Waals surface area contributed by atoms with Gasteiger partial charge in [-0.3, -0.25) is 4.90 Å². The van der Waals surface area contributed by atoms with Crippen molar-refractivity contribution in [3.8, 4) is 11.8 Å². The van der Waals surface area contributed by atoms with Crippen molar-refractivity contribution in [1.29, 1.82) is 0 Å². The molecule has 2 N–H and O–H groups in total. The number of aromatic nitrogens is 6. The van der Waals surface area contributed by atoms with Crippen molar-refractivity contribution < 1.29 is 9.23 Å². The second-order valence-electron chi connectivity index (χ2n) is 9.29. The highest BCUT2D eigenvalue weighted by molar-refractivity contribution is 5.90. The fourth-order valence-electron chi connectivity index (χ4n) is 4.90. The Morgan fingerprint density at radius 3 is 2.78 bits per heavy atom. The summed E-state index contributed by atoms with van der Waals surface area (Å²) in [6.45, 7) is 8.51. The normalized spacial score (nSPS) is 23.1. The topological polar surface area (TPSA) is 115 Å². The maximum atomic E-state index is 14.5. The van der Waals surface area contributed by atoms with Gasteiger partial charge in [0.15, 0.2) is 17.1 Å². The lowest BCUT2D eigenvalue weighted by Crippen LogP contribution is -2.46. The molecule has 0 aromatic carbocycles. The third-order valence-electron chi connectivity index (χ3n) is 6.88. The molecule has 1 fully saturated rings. The second-order valence-corrected chi connectivity index (χ2v) is 9.29. The zero-order chi connectivity index (χ0) is 25.5. The van der Waals surface area contributed by atoms with E-state index in [2.05, 4.69) is 53.0 Å². The van der Waals surface area contributed by atoms with Crippen LogP contribution < -0.4 is 5.73 Å². The lowest BCUT2D eigenvalue weighted by Gasteiger charge is -2.38. The molecule has 5 heterocycles. The first-order valence-electron chi connectivity index (χ1n) is 12.3. The van der Waals surface area contributed by atoms with E-state index in [-0.39, 0.29) is 24.1 Å². The summed E-state index contributed by atoms with van der Waals surface area (Å²) in [6.07, 6.45) is 7.47. The van der Waals surface area contributed by atoms with Crippen molar-refractivity contribution in [1.82, 2.24) is 39.2 Å². The second kappa shape index (κ2) is 9.33. The molecule has 6 rings (SSSR count). The number of allylic oxidation sites excluding steroid dienone is 4. The Balaban J connectivity index is 1.13. The van der Waals surface area contributed by atoms with Crippen LogP contribution in [0.5, 0.6) is 0 Å². The molecular formula is C25H27FN10O. The molecule has 3 aromatic heterocycles. The fourth-order valence-corrected chi connectivity index (χ4v) is 4.90. The van der Waals surface area contributed by atoms with Crippen LogP contribution >= 0.6 is 0 Å². The van der Waals surface area contributed by atoms with Crippen molar-refractivity contribution in [2.75, 3.05) is 38.5 Å². The molecule has 12 heteroatoms. The van der Waals surface area contributed by atoms with Crippen LogP contribution in [0.4, 0.5) is 10.3 Å². The van der Waals surface area contributed by atoms with Crippen LogP contribution in [0.25, 0.3) is 16.7 Å². The Kier molecular flexibility index (Phi) is 5.84. The molecule has 37 heavy (non-hydrogen) atoms. The molecule has 0 spiro atoms. The molecule has 1 saturated heterocycles. The van der Waals surface area contributed by atoms with Crippen molar-refractivity contribution >= 4 is 28.3 Å². The minimum atomic E-state index is -0.221. The molecule has 0 saturated carbocycles. The Labute approximate surface area is 212 Å². The van der Waals surface area contributed by atoms with Crippen LogP contribution in [0.1, 0.15) is 26.1 Å². The van der Waals surface area contributed by atoms with E-state index in [9.17, 15) is 4.39 Å². The number of nitrogens with two attached hydrogens (primary N) is 1. The van der Waals surface area contributed by atoms with E-state index in [0.717, 1.165) is 49.5 Å². The highest BCUT2D eigenvalue weighted by atomic mass is 19.1. The third kappa shape index (κ3) is 4.42. The monoisotopic (exact) mass is 502 g/mol. The molecule has 1 unspecified atom stereocenters. The molecule has 11 nitrogen and oxygen atoms in total. The third-order valence-corrected chi connectivity index (χ3v) is 6.88. The van der Waals surface area contributed by atoms with Crippen LogP contribution in [0.2, 0.25) is 0 Å². The van der Waals surface area contributed by atoms with Crippen molar-refractivity contribution in [2.24, 2.45) is 11.1 Å². The Hall–Kier alpha value is -4.24. The van der Waals surface area contributed by atoms with E-state index in [0.29, 0.717) is 29.4 Å². The molecule has 0 amide bonds. The zero-order valence-electron chi connectivity index (χ0n) is 20.7. The number of piperazine rings is 1. The van der Waals surface area contributed by atoms with Crippen molar-refractivity contribution in [2.45, 2.75) is 26.8 Å². The smallest absolute Gasteiger partial charge is 0.226 e. The van der Waals surface area contributed by atoms with Gasteiger partial charge >= 0.3 is 0 Å². The van der Waals surface area contributed by atoms with Crippen molar-refractivity contribution in [3.63, 3.8) is 0 Å². The number of anilines is 1. The SMILES string of the molecule is CC#Cc1nc2c3cnn(CCN4CCN(/C5=C/C6C=C(/C=C(/F)C5)ON=C6C)CC4)c3nc(N)n2n1. The van der Waals surface area contributed by atoms with Gasteiger partial charge in [-0.1, -0.05) is 17.2 Å². The maximum Gasteiger partial charge on any atom is 0.226 e. The predicted octanol–water partition coefficient (Wildman–Crippen LogP) is 2.09. The standard InChI is InChI=1S/C25H27FN10O/c1-3-4-22-29-24-21-15-28-35(23(21)30-25(27)36(24)31-22)10-7-33-5-8-34(9-6-33)19-11-17-12-20(14-18(26)13-19)37-32-16(17)2/h11-12,14-15,17H,5-10,13H2,1-2H3,(H2,27,30)/b18-14+,19-11+. The maximum absolute atomic E-state index is 14.5. The van der Waals surface area contributed by atoms with Gasteiger partial charge in [-0.2, -0.15) is 19.6 Å². The Bertz CT molecular complexity index is 1560. The molecule has 2 bridgehead atoms. The number of halogens is 1. The Morgan fingerprint density at radius 1 is 1.14 bits per heavy atom. The largest absolute Gasteiger partial charge is 0.372 e. The molecule has 190 valence electrons. The number of oxime groups is 1. The average Bonchev–Trinajstić information content (AvgIpc) is 3.48. The number of hydrogen-bond acceptors (Lipinski definition) is 9. The lowest BCUT2D eigenvalue weighted by atomic mass is 9.97. The Morgan fingerprint density at radius 2 is 1.97 bits per heavy atom. The quantitative estimate of drug-likeness (QED) is 0.540. The van der Waals surface area contributed by atoms with Crippen LogP contribution in [0.15, 0.2) is 46.9 Å². The van der Waals surface area contributed by atoms with E-state index in [1.54, 1.807) is 13.1 Å². The molecule has 0 radical (unpaired) electrons. The first-order valence-corrected chi connectivity index (χ1v) is 12.3. The number of nitrogens with zero attached hydrogens (tertiary/aromatic N) is 9. The number of hydrogen-bond donors (Lipinski definition) is 1. The first kappa shape index (κ1) is 23.2. The van der Waals surface area contributed by atoms with Gasteiger partial charge in [0.25, 0.3) is 0 Å². The number of fused-ring (bicyclic) bond motifs is 4. The minimum Gasteiger partial charge on any atom is -0.372 e. The molecule has 2 aliphatic heterocycles. The highest BCUT2D eigenvalue weighted by Gasteiger charge is 2.25. The van der Waals surface area contributed by atoms with Crippen LogP contribution in [-0.4, -0.2) is 77.6 Å². The predicted molar refractivity (Wildman–Crippen MR) is 137 cm³/mol. The molecule has 1 atom stereocenters. The van der Waals surface area contributed by atoms with Gasteiger partial charge < -0.3 is 15.5 Å². The average molecular weight is 503 g/mol. The van der Waals surface area contributed by atoms with E-state index in [1.807, 2.05) is 17.7 Å². The van der Waals surface area contributed by atoms with Crippen LogP contribution in [0.3, 0.4) is 0 Å². The van der Waals surface area contributed by atoms with E-state index in [4.69, 9.17) is 10.6 Å². The van der Waals surface area contributed by atoms with Crippen LogP contribution in [-0.2, 0) is 11.4 Å². The lowest BCUT2D eigenvalue weighted by molar-refractivity contribution is 0.150. The molecular weight excluding hydrogens is 475 g/mol. The summed E-state index contributed by atoms with van der Waals surface area (Å²) >= 11 is 0. The number of rotatable bonds is 4. The highest BCUT2D eigenvalue weighted by Crippen LogP contribution is 2.28. The van der Waals surface area contributed by atoms with Gasteiger partial charge in [0.05, 0.1) is 23.8 Å². The summed E-state index contributed by atoms with van der Waals surface area (Å²) in [5.74, 6) is 6.58. The van der Waals surface area contributed by atoms with E-state index >= 15 is 0 Å². The van der Waals surface area contributed by atoms with E-state index < -0.39 is 0 Å². The van der Waals surface area contributed by atoms with Gasteiger partial charge in [0.1, 0.15) is 5.83 Å². The van der Waals surface area contributed by atoms with Crippen molar-refractivity contribution in [3.05, 3.63) is 47.5 Å². The summed E-state index contributed by atoms with van der Waals surface area (Å²) in [7, 11) is 0. The number of nitrogen functional groups attached to an aromatic ring is 1. The molecule has 3 aliphatic rings.